The van der Waals surface area contributed by atoms with Crippen molar-refractivity contribution >= 4 is 46.4 Å². The molecule has 0 radical (unpaired) electrons. The SMILES string of the molecule is CN=C(NCc1csc(N(C)C)n1)NCc1ccc(C)cc1OC(C)(C)C.I. The zero-order chi connectivity index (χ0) is 20.0. The molecule has 0 aliphatic carbocycles. The van der Waals surface area contributed by atoms with E-state index in [0.29, 0.717) is 13.1 Å². The molecule has 0 saturated carbocycles. The molecule has 1 heterocycles. The number of rotatable bonds is 6. The first-order valence-corrected chi connectivity index (χ1v) is 9.90. The van der Waals surface area contributed by atoms with Crippen molar-refractivity contribution in [1.29, 1.82) is 0 Å². The van der Waals surface area contributed by atoms with E-state index in [0.717, 1.165) is 28.1 Å². The van der Waals surface area contributed by atoms with Gasteiger partial charge in [0.25, 0.3) is 0 Å². The summed E-state index contributed by atoms with van der Waals surface area (Å²) in [5, 5.41) is 9.73. The van der Waals surface area contributed by atoms with E-state index in [4.69, 9.17) is 4.74 Å². The Kier molecular flexibility index (Phi) is 9.49. The largest absolute Gasteiger partial charge is 0.488 e. The van der Waals surface area contributed by atoms with Crippen LogP contribution in [0.3, 0.4) is 0 Å². The fourth-order valence-corrected chi connectivity index (χ4v) is 3.15. The Hall–Kier alpha value is -1.55. The third-order valence-corrected chi connectivity index (χ3v) is 4.73. The van der Waals surface area contributed by atoms with Crippen molar-refractivity contribution in [2.45, 2.75) is 46.4 Å². The lowest BCUT2D eigenvalue weighted by Crippen LogP contribution is -2.36. The molecule has 0 aliphatic heterocycles. The molecule has 0 atom stereocenters. The van der Waals surface area contributed by atoms with Crippen LogP contribution in [0.5, 0.6) is 5.75 Å². The predicted octanol–water partition coefficient (Wildman–Crippen LogP) is 4.18. The standard InChI is InChI=1S/C20H31N5OS.HI/c1-14-8-9-15(17(10-14)26-20(2,3)4)11-22-18(21-5)23-12-16-13-27-19(24-16)25(6)7;/h8-10,13H,11-12H2,1-7H3,(H2,21,22,23);1H. The van der Waals surface area contributed by atoms with Gasteiger partial charge in [-0.2, -0.15) is 0 Å². The van der Waals surface area contributed by atoms with Crippen LogP contribution in [0.25, 0.3) is 0 Å². The van der Waals surface area contributed by atoms with Crippen molar-refractivity contribution in [1.82, 2.24) is 15.6 Å². The maximum atomic E-state index is 6.12. The first kappa shape index (κ1) is 24.5. The lowest BCUT2D eigenvalue weighted by Gasteiger charge is -2.24. The van der Waals surface area contributed by atoms with E-state index in [1.54, 1.807) is 18.4 Å². The van der Waals surface area contributed by atoms with E-state index in [9.17, 15) is 0 Å². The molecule has 0 spiro atoms. The van der Waals surface area contributed by atoms with Crippen LogP contribution in [0.1, 0.15) is 37.6 Å². The molecule has 0 unspecified atom stereocenters. The maximum absolute atomic E-state index is 6.12. The smallest absolute Gasteiger partial charge is 0.191 e. The number of aryl methyl sites for hydroxylation is 1. The Balaban J connectivity index is 0.00000392. The van der Waals surface area contributed by atoms with Crippen molar-refractivity contribution in [3.63, 3.8) is 0 Å². The van der Waals surface area contributed by atoms with Crippen LogP contribution in [-0.4, -0.2) is 37.7 Å². The van der Waals surface area contributed by atoms with Crippen LogP contribution in [0.2, 0.25) is 0 Å². The second kappa shape index (κ2) is 10.8. The summed E-state index contributed by atoms with van der Waals surface area (Å²) in [6.45, 7) is 9.51. The normalized spacial score (nSPS) is 11.6. The fourth-order valence-electron chi connectivity index (χ4n) is 2.39. The zero-order valence-corrected chi connectivity index (χ0v) is 20.9. The summed E-state index contributed by atoms with van der Waals surface area (Å²) < 4.78 is 6.12. The van der Waals surface area contributed by atoms with Crippen LogP contribution >= 0.6 is 35.3 Å². The van der Waals surface area contributed by atoms with Gasteiger partial charge in [0.2, 0.25) is 0 Å². The van der Waals surface area contributed by atoms with E-state index >= 15 is 0 Å². The highest BCUT2D eigenvalue weighted by atomic mass is 127. The Bertz CT molecular complexity index is 783. The van der Waals surface area contributed by atoms with Gasteiger partial charge in [-0.15, -0.1) is 35.3 Å². The predicted molar refractivity (Wildman–Crippen MR) is 130 cm³/mol. The quantitative estimate of drug-likeness (QED) is 0.342. The first-order chi connectivity index (χ1) is 12.7. The summed E-state index contributed by atoms with van der Waals surface area (Å²) in [5.74, 6) is 1.64. The Morgan fingerprint density at radius 1 is 1.21 bits per heavy atom. The van der Waals surface area contributed by atoms with Gasteiger partial charge in [0.15, 0.2) is 11.1 Å². The zero-order valence-electron chi connectivity index (χ0n) is 17.8. The average Bonchev–Trinajstić information content (AvgIpc) is 3.04. The molecule has 0 amide bonds. The number of ether oxygens (including phenoxy) is 1. The third kappa shape index (κ3) is 7.83. The molecule has 28 heavy (non-hydrogen) atoms. The van der Waals surface area contributed by atoms with Crippen molar-refractivity contribution in [2.75, 3.05) is 26.0 Å². The van der Waals surface area contributed by atoms with Gasteiger partial charge in [0.1, 0.15) is 11.4 Å². The minimum atomic E-state index is -0.239. The number of guanidine groups is 1. The number of hydrogen-bond donors (Lipinski definition) is 2. The highest BCUT2D eigenvalue weighted by Gasteiger charge is 2.15. The molecule has 0 saturated heterocycles. The second-order valence-electron chi connectivity index (χ2n) is 7.62. The molecule has 0 fully saturated rings. The van der Waals surface area contributed by atoms with Gasteiger partial charge in [-0.3, -0.25) is 4.99 Å². The summed E-state index contributed by atoms with van der Waals surface area (Å²) in [7, 11) is 5.76. The number of aromatic nitrogens is 1. The topological polar surface area (TPSA) is 61.8 Å². The molecule has 0 aliphatic rings. The van der Waals surface area contributed by atoms with Crippen LogP contribution in [0.4, 0.5) is 5.13 Å². The van der Waals surface area contributed by atoms with Gasteiger partial charge in [-0.1, -0.05) is 12.1 Å². The molecule has 8 heteroatoms. The molecular formula is C20H32IN5OS. The van der Waals surface area contributed by atoms with Crippen LogP contribution in [-0.2, 0) is 13.1 Å². The Morgan fingerprint density at radius 3 is 2.46 bits per heavy atom. The molecule has 6 nitrogen and oxygen atoms in total. The average molecular weight is 517 g/mol. The molecule has 2 aromatic rings. The summed E-state index contributed by atoms with van der Waals surface area (Å²) in [6.07, 6.45) is 0. The van der Waals surface area contributed by atoms with Gasteiger partial charge >= 0.3 is 0 Å². The summed E-state index contributed by atoms with van der Waals surface area (Å²) >= 11 is 1.63. The molecule has 1 aromatic carbocycles. The van der Waals surface area contributed by atoms with Gasteiger partial charge < -0.3 is 20.3 Å². The highest BCUT2D eigenvalue weighted by molar-refractivity contribution is 14.0. The van der Waals surface area contributed by atoms with E-state index < -0.39 is 0 Å². The minimum Gasteiger partial charge on any atom is -0.488 e. The van der Waals surface area contributed by atoms with Crippen LogP contribution < -0.4 is 20.3 Å². The minimum absolute atomic E-state index is 0. The van der Waals surface area contributed by atoms with Crippen molar-refractivity contribution in [2.24, 2.45) is 4.99 Å². The number of nitrogens with zero attached hydrogens (tertiary/aromatic N) is 3. The van der Waals surface area contributed by atoms with Gasteiger partial charge in [-0.05, 0) is 39.3 Å². The summed E-state index contributed by atoms with van der Waals surface area (Å²) in [4.78, 5) is 10.9. The highest BCUT2D eigenvalue weighted by Crippen LogP contribution is 2.24. The molecule has 2 N–H and O–H groups in total. The van der Waals surface area contributed by atoms with Gasteiger partial charge in [0, 0.05) is 38.6 Å². The van der Waals surface area contributed by atoms with Crippen LogP contribution in [0, 0.1) is 6.92 Å². The van der Waals surface area contributed by atoms with Crippen molar-refractivity contribution < 1.29 is 4.74 Å². The molecular weight excluding hydrogens is 485 g/mol. The number of thiazole rings is 1. The molecule has 0 bridgehead atoms. The van der Waals surface area contributed by atoms with E-state index in [-0.39, 0.29) is 29.6 Å². The number of anilines is 1. The molecule has 156 valence electrons. The summed E-state index contributed by atoms with van der Waals surface area (Å²) in [5.41, 5.74) is 3.04. The van der Waals surface area contributed by atoms with Crippen molar-refractivity contribution in [3.8, 4) is 5.75 Å². The van der Waals surface area contributed by atoms with Crippen molar-refractivity contribution in [3.05, 3.63) is 40.4 Å². The lowest BCUT2D eigenvalue weighted by molar-refractivity contribution is 0.129. The van der Waals surface area contributed by atoms with E-state index in [1.807, 2.05) is 19.0 Å². The second-order valence-corrected chi connectivity index (χ2v) is 8.46. The fraction of sp³-hybridized carbons (Fsp3) is 0.500. The number of nitrogens with one attached hydrogen (secondary N) is 2. The number of aliphatic imine (C=N–C) groups is 1. The summed E-state index contributed by atoms with van der Waals surface area (Å²) in [6, 6.07) is 6.28. The monoisotopic (exact) mass is 517 g/mol. The van der Waals surface area contributed by atoms with E-state index in [2.05, 4.69) is 71.9 Å². The lowest BCUT2D eigenvalue weighted by atomic mass is 10.1. The Morgan fingerprint density at radius 2 is 1.89 bits per heavy atom. The van der Waals surface area contributed by atoms with Crippen LogP contribution in [0.15, 0.2) is 28.6 Å². The maximum Gasteiger partial charge on any atom is 0.191 e. The Labute approximate surface area is 189 Å². The number of benzene rings is 1. The van der Waals surface area contributed by atoms with Gasteiger partial charge in [0.05, 0.1) is 12.2 Å². The molecule has 2 rings (SSSR count). The third-order valence-electron chi connectivity index (χ3n) is 3.67. The first-order valence-electron chi connectivity index (χ1n) is 9.03. The number of halogens is 1. The molecule has 1 aromatic heterocycles. The van der Waals surface area contributed by atoms with Gasteiger partial charge in [-0.25, -0.2) is 4.98 Å². The van der Waals surface area contributed by atoms with E-state index in [1.165, 1.54) is 5.56 Å². The number of hydrogen-bond acceptors (Lipinski definition) is 5.